The average molecular weight is 436 g/mol. The standard InChI is InChI=1S/C20H24N2O7S/c1-5-29-20(24)13-22(18-11-8-16(27-3)12-19(18)28-4)30(25,26)17-9-6-15(7-10-17)21-14(2)23/h6-12H,5,13H2,1-4H3,(H,21,23). The van der Waals surface area contributed by atoms with Crippen LogP contribution in [0.15, 0.2) is 47.4 Å². The minimum Gasteiger partial charge on any atom is -0.497 e. The van der Waals surface area contributed by atoms with Crippen molar-refractivity contribution < 1.29 is 32.2 Å². The van der Waals surface area contributed by atoms with Crippen LogP contribution in [-0.2, 0) is 24.3 Å². The molecule has 1 amide bonds. The van der Waals surface area contributed by atoms with Gasteiger partial charge in [-0.2, -0.15) is 0 Å². The van der Waals surface area contributed by atoms with Gasteiger partial charge in [-0.25, -0.2) is 8.42 Å². The topological polar surface area (TPSA) is 111 Å². The van der Waals surface area contributed by atoms with Crippen LogP contribution >= 0.6 is 0 Å². The highest BCUT2D eigenvalue weighted by molar-refractivity contribution is 7.92. The summed E-state index contributed by atoms with van der Waals surface area (Å²) in [6, 6.07) is 10.2. The summed E-state index contributed by atoms with van der Waals surface area (Å²) in [5, 5.41) is 2.57. The summed E-state index contributed by atoms with van der Waals surface area (Å²) in [6.07, 6.45) is 0. The molecule has 10 heteroatoms. The van der Waals surface area contributed by atoms with Crippen molar-refractivity contribution >= 4 is 33.3 Å². The monoisotopic (exact) mass is 436 g/mol. The average Bonchev–Trinajstić information content (AvgIpc) is 2.71. The molecule has 0 bridgehead atoms. The number of carbonyl (C=O) groups excluding carboxylic acids is 2. The van der Waals surface area contributed by atoms with Gasteiger partial charge in [0.25, 0.3) is 10.0 Å². The van der Waals surface area contributed by atoms with Gasteiger partial charge in [-0.05, 0) is 43.3 Å². The SMILES string of the molecule is CCOC(=O)CN(c1ccc(OC)cc1OC)S(=O)(=O)c1ccc(NC(C)=O)cc1. The number of rotatable bonds is 9. The Balaban J connectivity index is 2.53. The van der Waals surface area contributed by atoms with Gasteiger partial charge in [-0.1, -0.05) is 0 Å². The number of nitrogens with one attached hydrogen (secondary N) is 1. The lowest BCUT2D eigenvalue weighted by molar-refractivity contribution is -0.141. The third-order valence-electron chi connectivity index (χ3n) is 4.00. The number of amides is 1. The quantitative estimate of drug-likeness (QED) is 0.601. The summed E-state index contributed by atoms with van der Waals surface area (Å²) in [5.74, 6) is -0.327. The Morgan fingerprint density at radius 3 is 2.23 bits per heavy atom. The molecule has 0 aromatic heterocycles. The number of benzene rings is 2. The predicted molar refractivity (Wildman–Crippen MR) is 111 cm³/mol. The smallest absolute Gasteiger partial charge is 0.326 e. The van der Waals surface area contributed by atoms with Crippen molar-refractivity contribution in [1.82, 2.24) is 0 Å². The highest BCUT2D eigenvalue weighted by Gasteiger charge is 2.30. The molecule has 1 N–H and O–H groups in total. The first kappa shape index (κ1) is 23.0. The zero-order valence-electron chi connectivity index (χ0n) is 17.2. The molecule has 30 heavy (non-hydrogen) atoms. The van der Waals surface area contributed by atoms with Crippen LogP contribution in [0, 0.1) is 0 Å². The third kappa shape index (κ3) is 5.41. The second-order valence-electron chi connectivity index (χ2n) is 6.06. The summed E-state index contributed by atoms with van der Waals surface area (Å²) in [5.41, 5.74) is 0.595. The van der Waals surface area contributed by atoms with Crippen molar-refractivity contribution in [2.45, 2.75) is 18.7 Å². The Kier molecular flexibility index (Phi) is 7.65. The van der Waals surface area contributed by atoms with Crippen LogP contribution in [-0.4, -0.2) is 47.7 Å². The molecule has 0 aliphatic rings. The number of nitrogens with zero attached hydrogens (tertiary/aromatic N) is 1. The number of methoxy groups -OCH3 is 2. The summed E-state index contributed by atoms with van der Waals surface area (Å²) in [4.78, 5) is 23.3. The number of hydrogen-bond donors (Lipinski definition) is 1. The van der Waals surface area contributed by atoms with Crippen molar-refractivity contribution in [3.63, 3.8) is 0 Å². The molecule has 9 nitrogen and oxygen atoms in total. The van der Waals surface area contributed by atoms with Gasteiger partial charge in [-0.3, -0.25) is 13.9 Å². The van der Waals surface area contributed by atoms with Crippen molar-refractivity contribution in [2.24, 2.45) is 0 Å². The highest BCUT2D eigenvalue weighted by Crippen LogP contribution is 2.35. The molecule has 2 aromatic rings. The molecule has 0 radical (unpaired) electrons. The molecule has 0 saturated carbocycles. The maximum atomic E-state index is 13.4. The lowest BCUT2D eigenvalue weighted by Crippen LogP contribution is -2.37. The number of sulfonamides is 1. The fourth-order valence-electron chi connectivity index (χ4n) is 2.66. The van der Waals surface area contributed by atoms with E-state index < -0.39 is 22.5 Å². The normalized spacial score (nSPS) is 10.8. The number of carbonyl (C=O) groups is 2. The largest absolute Gasteiger partial charge is 0.497 e. The van der Waals surface area contributed by atoms with Crippen LogP contribution in [0.3, 0.4) is 0 Å². The molecule has 0 unspecified atom stereocenters. The Bertz CT molecular complexity index is 1000. The molecule has 0 aliphatic heterocycles. The number of hydrogen-bond acceptors (Lipinski definition) is 7. The van der Waals surface area contributed by atoms with Gasteiger partial charge in [0.05, 0.1) is 31.4 Å². The van der Waals surface area contributed by atoms with Crippen molar-refractivity contribution in [3.8, 4) is 11.5 Å². The first-order chi connectivity index (χ1) is 14.2. The molecule has 2 rings (SSSR count). The molecule has 0 saturated heterocycles. The van der Waals surface area contributed by atoms with Gasteiger partial charge in [0.2, 0.25) is 5.91 Å². The maximum absolute atomic E-state index is 13.4. The van der Waals surface area contributed by atoms with E-state index in [1.807, 2.05) is 0 Å². The fraction of sp³-hybridized carbons (Fsp3) is 0.300. The van der Waals surface area contributed by atoms with Gasteiger partial charge in [0.1, 0.15) is 18.0 Å². The summed E-state index contributed by atoms with van der Waals surface area (Å²) < 4.78 is 43.1. The maximum Gasteiger partial charge on any atom is 0.326 e. The predicted octanol–water partition coefficient (Wildman–Crippen LogP) is 2.42. The highest BCUT2D eigenvalue weighted by atomic mass is 32.2. The minimum absolute atomic E-state index is 0.0706. The first-order valence-corrected chi connectivity index (χ1v) is 10.4. The van der Waals surface area contributed by atoms with E-state index in [9.17, 15) is 18.0 Å². The first-order valence-electron chi connectivity index (χ1n) is 9.01. The zero-order chi connectivity index (χ0) is 22.3. The fourth-order valence-corrected chi connectivity index (χ4v) is 4.07. The number of ether oxygens (including phenoxy) is 3. The lowest BCUT2D eigenvalue weighted by Gasteiger charge is -2.25. The van der Waals surface area contributed by atoms with E-state index in [4.69, 9.17) is 14.2 Å². The lowest BCUT2D eigenvalue weighted by atomic mass is 10.2. The Morgan fingerprint density at radius 2 is 1.70 bits per heavy atom. The van der Waals surface area contributed by atoms with Crippen molar-refractivity contribution in [2.75, 3.05) is 37.0 Å². The Hall–Kier alpha value is -3.27. The summed E-state index contributed by atoms with van der Waals surface area (Å²) >= 11 is 0. The molecule has 0 aliphatic carbocycles. The molecule has 0 spiro atoms. The van der Waals surface area contributed by atoms with E-state index in [-0.39, 0.29) is 28.8 Å². The van der Waals surface area contributed by atoms with Gasteiger partial charge >= 0.3 is 5.97 Å². The summed E-state index contributed by atoms with van der Waals surface area (Å²) in [6.45, 7) is 2.54. The molecule has 2 aromatic carbocycles. The van der Waals surface area contributed by atoms with Crippen LogP contribution in [0.5, 0.6) is 11.5 Å². The third-order valence-corrected chi connectivity index (χ3v) is 5.77. The van der Waals surface area contributed by atoms with Crippen LogP contribution in [0.4, 0.5) is 11.4 Å². The van der Waals surface area contributed by atoms with Gasteiger partial charge in [0, 0.05) is 18.7 Å². The van der Waals surface area contributed by atoms with E-state index in [1.54, 1.807) is 13.0 Å². The molecular weight excluding hydrogens is 412 g/mol. The van der Waals surface area contributed by atoms with E-state index in [0.29, 0.717) is 11.4 Å². The molecule has 162 valence electrons. The molecule has 0 heterocycles. The van der Waals surface area contributed by atoms with E-state index >= 15 is 0 Å². The minimum atomic E-state index is -4.17. The van der Waals surface area contributed by atoms with Crippen LogP contribution in [0.2, 0.25) is 0 Å². The second-order valence-corrected chi connectivity index (χ2v) is 7.92. The zero-order valence-corrected chi connectivity index (χ0v) is 18.0. The number of esters is 1. The van der Waals surface area contributed by atoms with Gasteiger partial charge in [0.15, 0.2) is 0 Å². The van der Waals surface area contributed by atoms with E-state index in [0.717, 1.165) is 4.31 Å². The van der Waals surface area contributed by atoms with Gasteiger partial charge in [-0.15, -0.1) is 0 Å². The van der Waals surface area contributed by atoms with Crippen LogP contribution in [0.25, 0.3) is 0 Å². The Labute approximate surface area is 175 Å². The van der Waals surface area contributed by atoms with Crippen molar-refractivity contribution in [1.29, 1.82) is 0 Å². The van der Waals surface area contributed by atoms with Crippen molar-refractivity contribution in [3.05, 3.63) is 42.5 Å². The second kappa shape index (κ2) is 9.97. The van der Waals surface area contributed by atoms with E-state index in [1.165, 1.54) is 57.5 Å². The molecule has 0 atom stereocenters. The van der Waals surface area contributed by atoms with Gasteiger partial charge < -0.3 is 19.5 Å². The van der Waals surface area contributed by atoms with Crippen LogP contribution in [0.1, 0.15) is 13.8 Å². The van der Waals surface area contributed by atoms with Crippen LogP contribution < -0.4 is 19.1 Å². The number of anilines is 2. The molecule has 0 fully saturated rings. The summed E-state index contributed by atoms with van der Waals surface area (Å²) in [7, 11) is -1.31. The Morgan fingerprint density at radius 1 is 1.03 bits per heavy atom. The molecular formula is C20H24N2O7S. The van der Waals surface area contributed by atoms with E-state index in [2.05, 4.69) is 5.32 Å².